The van der Waals surface area contributed by atoms with Gasteiger partial charge in [0.1, 0.15) is 5.82 Å². The van der Waals surface area contributed by atoms with E-state index in [1.807, 2.05) is 20.0 Å². The van der Waals surface area contributed by atoms with Crippen LogP contribution in [-0.2, 0) is 6.54 Å². The van der Waals surface area contributed by atoms with E-state index in [9.17, 15) is 0 Å². The number of aromatic amines is 1. The molecule has 2 rings (SSSR count). The van der Waals surface area contributed by atoms with Gasteiger partial charge in [0.2, 0.25) is 0 Å². The number of aryl methyl sites for hydroxylation is 2. The third-order valence-electron chi connectivity index (χ3n) is 2.09. The maximum atomic E-state index is 4.37. The summed E-state index contributed by atoms with van der Waals surface area (Å²) in [6, 6.07) is 0. The van der Waals surface area contributed by atoms with Crippen LogP contribution in [0.2, 0.25) is 0 Å². The van der Waals surface area contributed by atoms with E-state index < -0.39 is 0 Å². The van der Waals surface area contributed by atoms with E-state index in [-0.39, 0.29) is 0 Å². The first kappa shape index (κ1) is 9.64. The van der Waals surface area contributed by atoms with Gasteiger partial charge in [-0.05, 0) is 13.8 Å². The van der Waals surface area contributed by atoms with Gasteiger partial charge >= 0.3 is 0 Å². The van der Waals surface area contributed by atoms with E-state index >= 15 is 0 Å². The molecular formula is C10H13N5. The van der Waals surface area contributed by atoms with Crippen LogP contribution in [-0.4, -0.2) is 20.2 Å². The van der Waals surface area contributed by atoms with Crippen LogP contribution in [0.1, 0.15) is 17.0 Å². The monoisotopic (exact) mass is 203 g/mol. The summed E-state index contributed by atoms with van der Waals surface area (Å²) in [5, 5.41) is 9.86. The SMILES string of the molecule is Cc1cnc(C)c(NCc2cn[nH]c2)n1. The van der Waals surface area contributed by atoms with Crippen molar-refractivity contribution in [1.29, 1.82) is 0 Å². The fraction of sp³-hybridized carbons (Fsp3) is 0.300. The van der Waals surface area contributed by atoms with Gasteiger partial charge in [0.25, 0.3) is 0 Å². The summed E-state index contributed by atoms with van der Waals surface area (Å²) in [6.07, 6.45) is 5.40. The second-order valence-corrected chi connectivity index (χ2v) is 3.41. The molecule has 15 heavy (non-hydrogen) atoms. The number of hydrogen-bond donors (Lipinski definition) is 2. The summed E-state index contributed by atoms with van der Waals surface area (Å²) >= 11 is 0. The largest absolute Gasteiger partial charge is 0.364 e. The number of H-pyrrole nitrogens is 1. The molecule has 0 unspecified atom stereocenters. The molecule has 0 radical (unpaired) electrons. The minimum atomic E-state index is 0.704. The molecule has 2 heterocycles. The maximum absolute atomic E-state index is 4.37. The van der Waals surface area contributed by atoms with Gasteiger partial charge in [-0.3, -0.25) is 10.1 Å². The van der Waals surface area contributed by atoms with Gasteiger partial charge in [0.15, 0.2) is 0 Å². The Labute approximate surface area is 88.0 Å². The second kappa shape index (κ2) is 4.08. The van der Waals surface area contributed by atoms with Crippen LogP contribution >= 0.6 is 0 Å². The summed E-state index contributed by atoms with van der Waals surface area (Å²) in [4.78, 5) is 8.60. The first-order valence-electron chi connectivity index (χ1n) is 4.77. The summed E-state index contributed by atoms with van der Waals surface area (Å²) in [6.45, 7) is 4.56. The maximum Gasteiger partial charge on any atom is 0.148 e. The van der Waals surface area contributed by atoms with Crippen molar-refractivity contribution < 1.29 is 0 Å². The van der Waals surface area contributed by atoms with Crippen molar-refractivity contribution in [2.45, 2.75) is 20.4 Å². The average Bonchev–Trinajstić information content (AvgIpc) is 2.72. The predicted octanol–water partition coefficient (Wildman–Crippen LogP) is 1.43. The highest BCUT2D eigenvalue weighted by Crippen LogP contribution is 2.09. The molecule has 0 bridgehead atoms. The molecular weight excluding hydrogens is 190 g/mol. The van der Waals surface area contributed by atoms with E-state index in [2.05, 4.69) is 25.5 Å². The molecule has 0 atom stereocenters. The molecule has 0 aliphatic rings. The number of hydrogen-bond acceptors (Lipinski definition) is 4. The Morgan fingerprint density at radius 3 is 2.93 bits per heavy atom. The number of aromatic nitrogens is 4. The first-order valence-corrected chi connectivity index (χ1v) is 4.77. The fourth-order valence-corrected chi connectivity index (χ4v) is 1.27. The molecule has 0 saturated heterocycles. The zero-order valence-corrected chi connectivity index (χ0v) is 8.78. The Kier molecular flexibility index (Phi) is 2.62. The minimum Gasteiger partial charge on any atom is -0.364 e. The molecule has 5 nitrogen and oxygen atoms in total. The van der Waals surface area contributed by atoms with Crippen LogP contribution in [0.25, 0.3) is 0 Å². The summed E-state index contributed by atoms with van der Waals surface area (Å²) in [5.41, 5.74) is 2.91. The van der Waals surface area contributed by atoms with E-state index in [4.69, 9.17) is 0 Å². The molecule has 5 heteroatoms. The molecule has 0 amide bonds. The van der Waals surface area contributed by atoms with Crippen LogP contribution in [0.5, 0.6) is 0 Å². The highest BCUT2D eigenvalue weighted by Gasteiger charge is 2.01. The summed E-state index contributed by atoms with van der Waals surface area (Å²) < 4.78 is 0. The molecule has 0 aliphatic carbocycles. The van der Waals surface area contributed by atoms with Gasteiger partial charge in [-0.1, -0.05) is 0 Å². The van der Waals surface area contributed by atoms with Crippen LogP contribution in [0.4, 0.5) is 5.82 Å². The number of nitrogens with zero attached hydrogens (tertiary/aromatic N) is 3. The highest BCUT2D eigenvalue weighted by atomic mass is 15.1. The van der Waals surface area contributed by atoms with E-state index in [1.54, 1.807) is 12.4 Å². The lowest BCUT2D eigenvalue weighted by Gasteiger charge is -2.06. The topological polar surface area (TPSA) is 66.5 Å². The smallest absolute Gasteiger partial charge is 0.148 e. The number of nitrogens with one attached hydrogen (secondary N) is 2. The van der Waals surface area contributed by atoms with Gasteiger partial charge in [-0.25, -0.2) is 4.98 Å². The molecule has 0 spiro atoms. The van der Waals surface area contributed by atoms with Gasteiger partial charge < -0.3 is 5.32 Å². The summed E-state index contributed by atoms with van der Waals surface area (Å²) in [5.74, 6) is 0.830. The lowest BCUT2D eigenvalue weighted by atomic mass is 10.3. The van der Waals surface area contributed by atoms with Crippen LogP contribution < -0.4 is 5.32 Å². The average molecular weight is 203 g/mol. The van der Waals surface area contributed by atoms with Gasteiger partial charge in [0, 0.05) is 24.5 Å². The van der Waals surface area contributed by atoms with Crippen molar-refractivity contribution in [1.82, 2.24) is 20.2 Å². The van der Waals surface area contributed by atoms with Crippen molar-refractivity contribution in [3.8, 4) is 0 Å². The second-order valence-electron chi connectivity index (χ2n) is 3.41. The van der Waals surface area contributed by atoms with Gasteiger partial charge in [-0.15, -0.1) is 0 Å². The zero-order chi connectivity index (χ0) is 10.7. The third-order valence-corrected chi connectivity index (χ3v) is 2.09. The zero-order valence-electron chi connectivity index (χ0n) is 8.78. The van der Waals surface area contributed by atoms with Crippen molar-refractivity contribution in [2.75, 3.05) is 5.32 Å². The normalized spacial score (nSPS) is 10.3. The molecule has 0 saturated carbocycles. The van der Waals surface area contributed by atoms with Crippen LogP contribution in [0.3, 0.4) is 0 Å². The van der Waals surface area contributed by atoms with Crippen molar-refractivity contribution in [2.24, 2.45) is 0 Å². The Morgan fingerprint density at radius 2 is 2.20 bits per heavy atom. The Hall–Kier alpha value is -1.91. The van der Waals surface area contributed by atoms with Gasteiger partial charge in [0.05, 0.1) is 17.6 Å². The Morgan fingerprint density at radius 1 is 1.33 bits per heavy atom. The van der Waals surface area contributed by atoms with Crippen molar-refractivity contribution in [3.05, 3.63) is 35.5 Å². The first-order chi connectivity index (χ1) is 7.25. The molecule has 2 aromatic rings. The van der Waals surface area contributed by atoms with Gasteiger partial charge in [-0.2, -0.15) is 5.10 Å². The van der Waals surface area contributed by atoms with Crippen LogP contribution in [0, 0.1) is 13.8 Å². The van der Waals surface area contributed by atoms with Crippen molar-refractivity contribution in [3.63, 3.8) is 0 Å². The molecule has 2 N–H and O–H groups in total. The Bertz CT molecular complexity index is 435. The third kappa shape index (κ3) is 2.31. The lowest BCUT2D eigenvalue weighted by molar-refractivity contribution is 1.02. The standard InChI is InChI=1S/C10H13N5/c1-7-3-11-8(2)10(15-7)12-4-9-5-13-14-6-9/h3,5-6H,4H2,1-2H3,(H,12,15)(H,13,14). The minimum absolute atomic E-state index is 0.704. The lowest BCUT2D eigenvalue weighted by Crippen LogP contribution is -2.04. The Balaban J connectivity index is 2.07. The van der Waals surface area contributed by atoms with Crippen LogP contribution in [0.15, 0.2) is 18.6 Å². The highest BCUT2D eigenvalue weighted by molar-refractivity contribution is 5.40. The fourth-order valence-electron chi connectivity index (χ4n) is 1.27. The number of rotatable bonds is 3. The molecule has 0 aromatic carbocycles. The predicted molar refractivity (Wildman–Crippen MR) is 57.4 cm³/mol. The van der Waals surface area contributed by atoms with E-state index in [0.717, 1.165) is 22.8 Å². The molecule has 2 aromatic heterocycles. The van der Waals surface area contributed by atoms with E-state index in [0.29, 0.717) is 6.54 Å². The molecule has 78 valence electrons. The number of anilines is 1. The van der Waals surface area contributed by atoms with Crippen molar-refractivity contribution >= 4 is 5.82 Å². The molecule has 0 aliphatic heterocycles. The summed E-state index contributed by atoms with van der Waals surface area (Å²) in [7, 11) is 0. The molecule has 0 fully saturated rings. The quantitative estimate of drug-likeness (QED) is 0.791. The van der Waals surface area contributed by atoms with E-state index in [1.165, 1.54) is 0 Å².